The van der Waals surface area contributed by atoms with Crippen LogP contribution in [-0.4, -0.2) is 24.5 Å². The Morgan fingerprint density at radius 1 is 1.29 bits per heavy atom. The zero-order valence-electron chi connectivity index (χ0n) is 12.8. The van der Waals surface area contributed by atoms with Crippen molar-refractivity contribution in [1.82, 2.24) is 0 Å². The summed E-state index contributed by atoms with van der Waals surface area (Å²) in [5.74, 6) is 0.432. The third-order valence-corrected chi connectivity index (χ3v) is 3.66. The summed E-state index contributed by atoms with van der Waals surface area (Å²) in [5, 5.41) is 6.02. The minimum Gasteiger partial charge on any atom is -0.484 e. The van der Waals surface area contributed by atoms with Crippen molar-refractivity contribution in [3.05, 3.63) is 47.5 Å². The topological polar surface area (TPSA) is 76.7 Å². The lowest BCUT2D eigenvalue weighted by Gasteiger charge is -2.25. The summed E-state index contributed by atoms with van der Waals surface area (Å²) in [7, 11) is 0. The lowest BCUT2D eigenvalue weighted by atomic mass is 10.2. The first-order chi connectivity index (χ1) is 11.5. The van der Waals surface area contributed by atoms with Crippen LogP contribution in [-0.2, 0) is 9.59 Å². The molecule has 0 aromatic heterocycles. The number of hydrogen-bond acceptors (Lipinski definition) is 4. The van der Waals surface area contributed by atoms with Crippen molar-refractivity contribution in [2.24, 2.45) is 0 Å². The highest BCUT2D eigenvalue weighted by Gasteiger charge is 2.25. The Hall–Kier alpha value is -2.73. The predicted molar refractivity (Wildman–Crippen MR) is 90.7 cm³/mol. The summed E-state index contributed by atoms with van der Waals surface area (Å²) in [5.41, 5.74) is 0.901. The normalized spacial score (nSPS) is 15.8. The molecule has 2 N–H and O–H groups in total. The van der Waals surface area contributed by atoms with Gasteiger partial charge in [-0.25, -0.2) is 0 Å². The molecule has 0 spiro atoms. The standard InChI is InChI=1S/C17H15ClN2O4/c1-10-17(22)20-16-13(3-2-4-14(16)24-10)19-15(21)9-23-12-7-5-11(18)6-8-12/h2-8,10H,9H2,1H3,(H,19,21)(H,20,22). The molecule has 0 saturated carbocycles. The van der Waals surface area contributed by atoms with E-state index in [-0.39, 0.29) is 18.4 Å². The van der Waals surface area contributed by atoms with Crippen molar-refractivity contribution < 1.29 is 19.1 Å². The van der Waals surface area contributed by atoms with Crippen LogP contribution in [0.15, 0.2) is 42.5 Å². The number of carbonyl (C=O) groups is 2. The molecule has 0 fully saturated rings. The van der Waals surface area contributed by atoms with Crippen molar-refractivity contribution in [2.75, 3.05) is 17.2 Å². The van der Waals surface area contributed by atoms with E-state index in [1.165, 1.54) is 0 Å². The van der Waals surface area contributed by atoms with E-state index in [9.17, 15) is 9.59 Å². The highest BCUT2D eigenvalue weighted by molar-refractivity contribution is 6.30. The molecule has 0 bridgehead atoms. The molecule has 1 aliphatic heterocycles. The van der Waals surface area contributed by atoms with Crippen molar-refractivity contribution >= 4 is 34.8 Å². The number of anilines is 2. The van der Waals surface area contributed by atoms with Gasteiger partial charge in [0, 0.05) is 5.02 Å². The average molecular weight is 347 g/mol. The van der Waals surface area contributed by atoms with Gasteiger partial charge < -0.3 is 20.1 Å². The van der Waals surface area contributed by atoms with E-state index in [4.69, 9.17) is 21.1 Å². The second-order valence-electron chi connectivity index (χ2n) is 5.22. The molecule has 2 aromatic carbocycles. The molecular weight excluding hydrogens is 332 g/mol. The Labute approximate surface area is 143 Å². The van der Waals surface area contributed by atoms with Crippen molar-refractivity contribution in [3.63, 3.8) is 0 Å². The maximum atomic E-state index is 12.1. The van der Waals surface area contributed by atoms with Gasteiger partial charge in [0.1, 0.15) is 17.2 Å². The van der Waals surface area contributed by atoms with Crippen molar-refractivity contribution in [1.29, 1.82) is 0 Å². The third-order valence-electron chi connectivity index (χ3n) is 3.41. The van der Waals surface area contributed by atoms with Crippen LogP contribution < -0.4 is 20.1 Å². The zero-order valence-corrected chi connectivity index (χ0v) is 13.6. The van der Waals surface area contributed by atoms with Gasteiger partial charge in [-0.1, -0.05) is 17.7 Å². The minimum atomic E-state index is -0.573. The Morgan fingerprint density at radius 2 is 2.04 bits per heavy atom. The second-order valence-corrected chi connectivity index (χ2v) is 5.66. The van der Waals surface area contributed by atoms with Crippen LogP contribution in [0.5, 0.6) is 11.5 Å². The molecule has 1 heterocycles. The number of benzene rings is 2. The molecule has 3 rings (SSSR count). The first kappa shape index (κ1) is 16.1. The third kappa shape index (κ3) is 3.60. The van der Waals surface area contributed by atoms with Crippen LogP contribution in [0.1, 0.15) is 6.92 Å². The maximum Gasteiger partial charge on any atom is 0.265 e. The molecule has 2 amide bonds. The smallest absolute Gasteiger partial charge is 0.265 e. The number of rotatable bonds is 4. The lowest BCUT2D eigenvalue weighted by molar-refractivity contribution is -0.122. The van der Waals surface area contributed by atoms with Gasteiger partial charge in [0.15, 0.2) is 12.7 Å². The van der Waals surface area contributed by atoms with Crippen LogP contribution >= 0.6 is 11.6 Å². The average Bonchev–Trinajstić information content (AvgIpc) is 2.56. The van der Waals surface area contributed by atoms with Gasteiger partial charge >= 0.3 is 0 Å². The van der Waals surface area contributed by atoms with E-state index in [0.717, 1.165) is 0 Å². The van der Waals surface area contributed by atoms with Crippen LogP contribution in [0.4, 0.5) is 11.4 Å². The van der Waals surface area contributed by atoms with Crippen LogP contribution in [0, 0.1) is 0 Å². The summed E-state index contributed by atoms with van der Waals surface area (Å²) in [6.45, 7) is 1.49. The SMILES string of the molecule is CC1Oc2cccc(NC(=O)COc3ccc(Cl)cc3)c2NC1=O. The molecule has 2 aromatic rings. The van der Waals surface area contributed by atoms with E-state index in [1.807, 2.05) is 0 Å². The molecule has 124 valence electrons. The molecule has 0 saturated heterocycles. The number of amides is 2. The van der Waals surface area contributed by atoms with Gasteiger partial charge in [0.25, 0.3) is 11.8 Å². The minimum absolute atomic E-state index is 0.170. The highest BCUT2D eigenvalue weighted by Crippen LogP contribution is 2.36. The van der Waals surface area contributed by atoms with E-state index < -0.39 is 6.10 Å². The van der Waals surface area contributed by atoms with E-state index in [0.29, 0.717) is 27.9 Å². The van der Waals surface area contributed by atoms with Gasteiger partial charge in [0.2, 0.25) is 0 Å². The number of hydrogen-bond donors (Lipinski definition) is 2. The molecule has 1 aliphatic rings. The summed E-state index contributed by atoms with van der Waals surface area (Å²) >= 11 is 5.79. The summed E-state index contributed by atoms with van der Waals surface area (Å²) in [6.07, 6.45) is -0.573. The first-order valence-electron chi connectivity index (χ1n) is 7.31. The summed E-state index contributed by atoms with van der Waals surface area (Å²) < 4.78 is 10.9. The molecule has 6 nitrogen and oxygen atoms in total. The lowest BCUT2D eigenvalue weighted by Crippen LogP contribution is -2.35. The predicted octanol–water partition coefficient (Wildman–Crippen LogP) is 3.08. The van der Waals surface area contributed by atoms with Crippen molar-refractivity contribution in [2.45, 2.75) is 13.0 Å². The monoisotopic (exact) mass is 346 g/mol. The second kappa shape index (κ2) is 6.80. The van der Waals surface area contributed by atoms with Gasteiger partial charge in [-0.2, -0.15) is 0 Å². The van der Waals surface area contributed by atoms with Crippen LogP contribution in [0.2, 0.25) is 5.02 Å². The number of halogens is 1. The van der Waals surface area contributed by atoms with Gasteiger partial charge in [0.05, 0.1) is 5.69 Å². The fraction of sp³-hybridized carbons (Fsp3) is 0.176. The summed E-state index contributed by atoms with van der Waals surface area (Å²) in [4.78, 5) is 23.8. The molecule has 1 atom stereocenters. The van der Waals surface area contributed by atoms with E-state index in [1.54, 1.807) is 49.4 Å². The highest BCUT2D eigenvalue weighted by atomic mass is 35.5. The van der Waals surface area contributed by atoms with E-state index in [2.05, 4.69) is 10.6 Å². The van der Waals surface area contributed by atoms with Crippen LogP contribution in [0.25, 0.3) is 0 Å². The first-order valence-corrected chi connectivity index (χ1v) is 7.69. The summed E-state index contributed by atoms with van der Waals surface area (Å²) in [6, 6.07) is 11.8. The molecular formula is C17H15ClN2O4. The number of para-hydroxylation sites is 1. The fourth-order valence-electron chi connectivity index (χ4n) is 2.20. The van der Waals surface area contributed by atoms with Gasteiger partial charge in [-0.3, -0.25) is 9.59 Å². The van der Waals surface area contributed by atoms with Gasteiger partial charge in [-0.15, -0.1) is 0 Å². The number of carbonyl (C=O) groups excluding carboxylic acids is 2. The van der Waals surface area contributed by atoms with Crippen LogP contribution in [0.3, 0.4) is 0 Å². The molecule has 24 heavy (non-hydrogen) atoms. The Balaban J connectivity index is 1.66. The number of ether oxygens (including phenoxy) is 2. The van der Waals surface area contributed by atoms with E-state index >= 15 is 0 Å². The quantitative estimate of drug-likeness (QED) is 0.892. The Bertz CT molecular complexity index is 777. The molecule has 0 aliphatic carbocycles. The molecule has 1 unspecified atom stereocenters. The molecule has 7 heteroatoms. The fourth-order valence-corrected chi connectivity index (χ4v) is 2.32. The zero-order chi connectivity index (χ0) is 17.1. The Morgan fingerprint density at radius 3 is 2.79 bits per heavy atom. The Kier molecular flexibility index (Phi) is 4.57. The largest absolute Gasteiger partial charge is 0.484 e. The molecule has 0 radical (unpaired) electrons. The number of nitrogens with one attached hydrogen (secondary N) is 2. The number of fused-ring (bicyclic) bond motifs is 1. The van der Waals surface area contributed by atoms with Gasteiger partial charge in [-0.05, 0) is 43.3 Å². The maximum absolute atomic E-state index is 12.1. The van der Waals surface area contributed by atoms with Crippen molar-refractivity contribution in [3.8, 4) is 11.5 Å².